The minimum absolute atomic E-state index is 0. The quantitative estimate of drug-likeness (QED) is 0.393. The standard InChI is InChI=1S/C22H30N6.HI/c1-23-22(27-15-13-26(14-16-27)21-9-5-6-11-24-21)25-17-19-10-12-28(18-19)20-7-3-2-4-8-20;/h2-9,11,19H,10,12-18H2,1H3,(H,23,25);1H. The molecule has 0 spiro atoms. The number of hydrogen-bond donors (Lipinski definition) is 1. The van der Waals surface area contributed by atoms with E-state index in [0.29, 0.717) is 5.92 Å². The van der Waals surface area contributed by atoms with Crippen molar-refractivity contribution >= 4 is 41.4 Å². The molecule has 0 aliphatic carbocycles. The van der Waals surface area contributed by atoms with Gasteiger partial charge in [-0.3, -0.25) is 4.99 Å². The lowest BCUT2D eigenvalue weighted by molar-refractivity contribution is 0.368. The van der Waals surface area contributed by atoms with Crippen LogP contribution in [0.4, 0.5) is 11.5 Å². The number of halogens is 1. The molecule has 2 aromatic rings. The van der Waals surface area contributed by atoms with Crippen LogP contribution in [0.5, 0.6) is 0 Å². The van der Waals surface area contributed by atoms with Crippen molar-refractivity contribution in [2.24, 2.45) is 10.9 Å². The number of aliphatic imine (C=N–C) groups is 1. The average molecular weight is 506 g/mol. The van der Waals surface area contributed by atoms with Crippen molar-refractivity contribution in [3.8, 4) is 0 Å². The van der Waals surface area contributed by atoms with E-state index in [2.05, 4.69) is 72.5 Å². The number of rotatable bonds is 4. The van der Waals surface area contributed by atoms with E-state index in [1.807, 2.05) is 19.3 Å². The van der Waals surface area contributed by atoms with Gasteiger partial charge < -0.3 is 20.0 Å². The fourth-order valence-corrected chi connectivity index (χ4v) is 4.13. The Morgan fingerprint density at radius 3 is 2.45 bits per heavy atom. The first-order valence-corrected chi connectivity index (χ1v) is 10.2. The van der Waals surface area contributed by atoms with Gasteiger partial charge in [-0.25, -0.2) is 4.98 Å². The lowest BCUT2D eigenvalue weighted by Crippen LogP contribution is -2.53. The van der Waals surface area contributed by atoms with Gasteiger partial charge in [-0.15, -0.1) is 24.0 Å². The second-order valence-electron chi connectivity index (χ2n) is 7.53. The number of para-hydroxylation sites is 1. The zero-order valence-corrected chi connectivity index (χ0v) is 19.4. The second-order valence-corrected chi connectivity index (χ2v) is 7.53. The molecule has 6 nitrogen and oxygen atoms in total. The van der Waals surface area contributed by atoms with Crippen molar-refractivity contribution in [1.29, 1.82) is 0 Å². The van der Waals surface area contributed by atoms with Gasteiger partial charge in [0.05, 0.1) is 0 Å². The van der Waals surface area contributed by atoms with Crippen LogP contribution in [0.15, 0.2) is 59.7 Å². The molecule has 0 bridgehead atoms. The summed E-state index contributed by atoms with van der Waals surface area (Å²) in [6, 6.07) is 16.8. The first kappa shape index (κ1) is 21.7. The number of anilines is 2. The minimum atomic E-state index is 0. The molecule has 1 atom stereocenters. The summed E-state index contributed by atoms with van der Waals surface area (Å²) < 4.78 is 0. The Balaban J connectivity index is 0.00000240. The summed E-state index contributed by atoms with van der Waals surface area (Å²) in [5, 5.41) is 3.62. The van der Waals surface area contributed by atoms with Crippen molar-refractivity contribution in [2.45, 2.75) is 6.42 Å². The van der Waals surface area contributed by atoms with Gasteiger partial charge >= 0.3 is 0 Å². The van der Waals surface area contributed by atoms with Gasteiger partial charge in [0.1, 0.15) is 5.82 Å². The molecule has 0 radical (unpaired) electrons. The summed E-state index contributed by atoms with van der Waals surface area (Å²) in [5.74, 6) is 2.75. The Hall–Kier alpha value is -2.03. The zero-order valence-electron chi connectivity index (χ0n) is 17.1. The molecule has 2 aliphatic rings. The molecule has 1 aromatic carbocycles. The number of guanidine groups is 1. The van der Waals surface area contributed by atoms with Crippen LogP contribution in [0.2, 0.25) is 0 Å². The van der Waals surface area contributed by atoms with E-state index in [9.17, 15) is 0 Å². The summed E-state index contributed by atoms with van der Waals surface area (Å²) >= 11 is 0. The summed E-state index contributed by atoms with van der Waals surface area (Å²) in [7, 11) is 1.89. The number of piperazine rings is 1. The SMILES string of the molecule is CN=C(NCC1CCN(c2ccccc2)C1)N1CCN(c2ccccn2)CC1.I. The summed E-state index contributed by atoms with van der Waals surface area (Å²) in [6.07, 6.45) is 3.09. The molecule has 29 heavy (non-hydrogen) atoms. The maximum atomic E-state index is 4.53. The molecule has 0 amide bonds. The molecule has 156 valence electrons. The highest BCUT2D eigenvalue weighted by atomic mass is 127. The third-order valence-electron chi connectivity index (χ3n) is 5.72. The van der Waals surface area contributed by atoms with Crippen LogP contribution in [0, 0.1) is 5.92 Å². The summed E-state index contributed by atoms with van der Waals surface area (Å²) in [6.45, 7) is 7.12. The third kappa shape index (κ3) is 5.52. The molecule has 0 saturated carbocycles. The van der Waals surface area contributed by atoms with Gasteiger partial charge in [0.2, 0.25) is 0 Å². The van der Waals surface area contributed by atoms with Crippen LogP contribution in [-0.2, 0) is 0 Å². The van der Waals surface area contributed by atoms with E-state index in [-0.39, 0.29) is 24.0 Å². The minimum Gasteiger partial charge on any atom is -0.371 e. The predicted molar refractivity (Wildman–Crippen MR) is 132 cm³/mol. The van der Waals surface area contributed by atoms with Crippen LogP contribution in [0.1, 0.15) is 6.42 Å². The average Bonchev–Trinajstić information content (AvgIpc) is 3.25. The molecule has 1 aromatic heterocycles. The highest BCUT2D eigenvalue weighted by Crippen LogP contribution is 2.23. The molecule has 4 rings (SSSR count). The largest absolute Gasteiger partial charge is 0.371 e. The smallest absolute Gasteiger partial charge is 0.193 e. The van der Waals surface area contributed by atoms with E-state index in [4.69, 9.17) is 0 Å². The van der Waals surface area contributed by atoms with E-state index in [0.717, 1.165) is 57.6 Å². The Kier molecular flexibility index (Phi) is 7.97. The van der Waals surface area contributed by atoms with Crippen molar-refractivity contribution in [3.05, 3.63) is 54.7 Å². The number of hydrogen-bond acceptors (Lipinski definition) is 4. The van der Waals surface area contributed by atoms with Gasteiger partial charge in [-0.1, -0.05) is 24.3 Å². The Bertz CT molecular complexity index is 761. The van der Waals surface area contributed by atoms with Gasteiger partial charge in [-0.05, 0) is 36.6 Å². The maximum Gasteiger partial charge on any atom is 0.193 e. The summed E-state index contributed by atoms with van der Waals surface area (Å²) in [5.41, 5.74) is 1.33. The van der Waals surface area contributed by atoms with Gasteiger partial charge in [0.15, 0.2) is 5.96 Å². The van der Waals surface area contributed by atoms with Crippen LogP contribution < -0.4 is 15.1 Å². The van der Waals surface area contributed by atoms with Gasteiger partial charge in [0.25, 0.3) is 0 Å². The summed E-state index contributed by atoms with van der Waals surface area (Å²) in [4.78, 5) is 16.2. The molecule has 3 heterocycles. The number of benzene rings is 1. The first-order valence-electron chi connectivity index (χ1n) is 10.2. The van der Waals surface area contributed by atoms with E-state index in [1.165, 1.54) is 12.1 Å². The normalized spacial score (nSPS) is 19.8. The van der Waals surface area contributed by atoms with Gasteiger partial charge in [-0.2, -0.15) is 0 Å². The molecule has 7 heteroatoms. The molecule has 2 fully saturated rings. The van der Waals surface area contributed by atoms with Crippen molar-refractivity contribution in [1.82, 2.24) is 15.2 Å². The zero-order chi connectivity index (χ0) is 19.2. The second kappa shape index (κ2) is 10.7. The predicted octanol–water partition coefficient (Wildman–Crippen LogP) is 2.92. The van der Waals surface area contributed by atoms with Crippen molar-refractivity contribution in [2.75, 3.05) is 62.7 Å². The fraction of sp³-hybridized carbons (Fsp3) is 0.455. The fourth-order valence-electron chi connectivity index (χ4n) is 4.13. The highest BCUT2D eigenvalue weighted by Gasteiger charge is 2.24. The number of nitrogens with one attached hydrogen (secondary N) is 1. The molecule has 1 unspecified atom stereocenters. The number of nitrogens with zero attached hydrogens (tertiary/aromatic N) is 5. The van der Waals surface area contributed by atoms with Crippen molar-refractivity contribution < 1.29 is 0 Å². The molecule has 2 saturated heterocycles. The number of aromatic nitrogens is 1. The number of pyridine rings is 1. The highest BCUT2D eigenvalue weighted by molar-refractivity contribution is 14.0. The topological polar surface area (TPSA) is 47.0 Å². The van der Waals surface area contributed by atoms with E-state index in [1.54, 1.807) is 0 Å². The Morgan fingerprint density at radius 1 is 1.00 bits per heavy atom. The molecular weight excluding hydrogens is 475 g/mol. The Morgan fingerprint density at radius 2 is 1.76 bits per heavy atom. The lowest BCUT2D eigenvalue weighted by atomic mass is 10.1. The van der Waals surface area contributed by atoms with Crippen LogP contribution in [-0.4, -0.2) is 68.7 Å². The van der Waals surface area contributed by atoms with E-state index >= 15 is 0 Å². The monoisotopic (exact) mass is 506 g/mol. The molecule has 2 aliphatic heterocycles. The van der Waals surface area contributed by atoms with Crippen LogP contribution >= 0.6 is 24.0 Å². The Labute approximate surface area is 191 Å². The first-order chi connectivity index (χ1) is 13.8. The van der Waals surface area contributed by atoms with Crippen LogP contribution in [0.3, 0.4) is 0 Å². The van der Waals surface area contributed by atoms with Crippen LogP contribution in [0.25, 0.3) is 0 Å². The maximum absolute atomic E-state index is 4.53. The lowest BCUT2D eigenvalue weighted by Gasteiger charge is -2.37. The molecule has 1 N–H and O–H groups in total. The van der Waals surface area contributed by atoms with Gasteiger partial charge in [0, 0.05) is 64.7 Å². The molecular formula is C22H31IN6. The van der Waals surface area contributed by atoms with E-state index < -0.39 is 0 Å². The third-order valence-corrected chi connectivity index (χ3v) is 5.72. The van der Waals surface area contributed by atoms with Crippen molar-refractivity contribution in [3.63, 3.8) is 0 Å².